The summed E-state index contributed by atoms with van der Waals surface area (Å²) in [5, 5.41) is 24.5. The van der Waals surface area contributed by atoms with Crippen molar-refractivity contribution >= 4 is 21.5 Å². The van der Waals surface area contributed by atoms with E-state index in [1.807, 2.05) is 24.3 Å². The summed E-state index contributed by atoms with van der Waals surface area (Å²) in [5.41, 5.74) is 1.28. The Balaban J connectivity index is 1.69. The molecular weight excluding hydrogens is 438 g/mol. The number of nitrogens with zero attached hydrogens (tertiary/aromatic N) is 3. The Morgan fingerprint density at radius 1 is 0.714 bits per heavy atom. The molecule has 0 unspecified atom stereocenters. The molecule has 0 fully saturated rings. The highest BCUT2D eigenvalue weighted by Gasteiger charge is 2.18. The van der Waals surface area contributed by atoms with Crippen molar-refractivity contribution in [3.63, 3.8) is 0 Å². The molecule has 6 nitrogen and oxygen atoms in total. The first-order valence-corrected chi connectivity index (χ1v) is 12.0. The molecule has 0 aliphatic rings. The van der Waals surface area contributed by atoms with Gasteiger partial charge in [-0.05, 0) is 46.2 Å². The number of benzene rings is 4. The highest BCUT2D eigenvalue weighted by Crippen LogP contribution is 2.37. The van der Waals surface area contributed by atoms with E-state index >= 15 is 0 Å². The molecule has 2 N–H and O–H groups in total. The molecule has 0 saturated carbocycles. The Labute approximate surface area is 203 Å². The van der Waals surface area contributed by atoms with Crippen molar-refractivity contribution in [2.75, 3.05) is 6.61 Å². The number of phenols is 2. The van der Waals surface area contributed by atoms with E-state index in [0.29, 0.717) is 18.0 Å². The van der Waals surface area contributed by atoms with Crippen molar-refractivity contribution in [1.29, 1.82) is 0 Å². The smallest absolute Gasteiger partial charge is 0.320 e. The predicted molar refractivity (Wildman–Crippen MR) is 139 cm³/mol. The maximum Gasteiger partial charge on any atom is 0.320 e. The van der Waals surface area contributed by atoms with Crippen LogP contribution in [0.4, 0.5) is 0 Å². The van der Waals surface area contributed by atoms with Crippen molar-refractivity contribution < 1.29 is 14.9 Å². The Bertz CT molecular complexity index is 1450. The van der Waals surface area contributed by atoms with Crippen LogP contribution >= 0.6 is 0 Å². The number of fused-ring (bicyclic) bond motifs is 2. The van der Waals surface area contributed by atoms with Crippen molar-refractivity contribution in [2.45, 2.75) is 32.6 Å². The molecule has 0 amide bonds. The van der Waals surface area contributed by atoms with Gasteiger partial charge in [0.2, 0.25) is 0 Å². The van der Waals surface area contributed by atoms with Crippen LogP contribution in [0.25, 0.3) is 44.3 Å². The second kappa shape index (κ2) is 9.97. The van der Waals surface area contributed by atoms with Crippen LogP contribution < -0.4 is 4.74 Å². The number of hydrogen-bond acceptors (Lipinski definition) is 6. The first kappa shape index (κ1) is 22.6. The van der Waals surface area contributed by atoms with Crippen LogP contribution in [0.5, 0.6) is 17.5 Å². The standard InChI is InChI=1S/C29H27N3O3/c1-2-3-4-9-16-35-29-31-27(24-15-14-21(33)18-25(24)34)30-28(32-29)26-22-12-7-5-10-19(22)17-20-11-6-8-13-23(20)26/h5-8,10-15,17-18,33-34H,2-4,9,16H2,1H3. The maximum absolute atomic E-state index is 10.5. The monoisotopic (exact) mass is 465 g/mol. The molecule has 0 aliphatic heterocycles. The van der Waals surface area contributed by atoms with E-state index in [2.05, 4.69) is 42.2 Å². The molecule has 4 aromatic carbocycles. The lowest BCUT2D eigenvalue weighted by Gasteiger charge is -2.13. The third-order valence-corrected chi connectivity index (χ3v) is 6.06. The van der Waals surface area contributed by atoms with Gasteiger partial charge in [-0.25, -0.2) is 4.98 Å². The van der Waals surface area contributed by atoms with E-state index in [-0.39, 0.29) is 23.3 Å². The number of hydrogen-bond donors (Lipinski definition) is 2. The summed E-state index contributed by atoms with van der Waals surface area (Å²) in [4.78, 5) is 14.0. The van der Waals surface area contributed by atoms with Crippen LogP contribution in [-0.4, -0.2) is 31.8 Å². The van der Waals surface area contributed by atoms with Crippen LogP contribution in [0, 0.1) is 0 Å². The van der Waals surface area contributed by atoms with Crippen molar-refractivity contribution in [1.82, 2.24) is 15.0 Å². The van der Waals surface area contributed by atoms with E-state index in [4.69, 9.17) is 14.7 Å². The van der Waals surface area contributed by atoms with Gasteiger partial charge in [-0.2, -0.15) is 9.97 Å². The summed E-state index contributed by atoms with van der Waals surface area (Å²) >= 11 is 0. The average Bonchev–Trinajstić information content (AvgIpc) is 2.87. The number of rotatable bonds is 8. The lowest BCUT2D eigenvalue weighted by molar-refractivity contribution is 0.281. The Kier molecular flexibility index (Phi) is 6.44. The largest absolute Gasteiger partial charge is 0.508 e. The quantitative estimate of drug-likeness (QED) is 0.192. The fraction of sp³-hybridized carbons (Fsp3) is 0.207. The molecule has 1 heterocycles. The Morgan fingerprint density at radius 2 is 1.40 bits per heavy atom. The minimum absolute atomic E-state index is 0.0343. The number of aromatic hydroxyl groups is 2. The van der Waals surface area contributed by atoms with Gasteiger partial charge in [-0.1, -0.05) is 74.7 Å². The van der Waals surface area contributed by atoms with Crippen LogP contribution in [0.15, 0.2) is 72.8 Å². The van der Waals surface area contributed by atoms with Crippen LogP contribution in [0.2, 0.25) is 0 Å². The maximum atomic E-state index is 10.5. The molecule has 0 atom stereocenters. The highest BCUT2D eigenvalue weighted by atomic mass is 16.5. The van der Waals surface area contributed by atoms with Gasteiger partial charge in [0.05, 0.1) is 12.2 Å². The summed E-state index contributed by atoms with van der Waals surface area (Å²) < 4.78 is 5.97. The lowest BCUT2D eigenvalue weighted by atomic mass is 9.96. The average molecular weight is 466 g/mol. The van der Waals surface area contributed by atoms with Gasteiger partial charge < -0.3 is 14.9 Å². The molecule has 35 heavy (non-hydrogen) atoms. The van der Waals surface area contributed by atoms with E-state index in [1.165, 1.54) is 12.1 Å². The number of aromatic nitrogens is 3. The zero-order valence-electron chi connectivity index (χ0n) is 19.6. The van der Waals surface area contributed by atoms with Crippen molar-refractivity contribution in [2.24, 2.45) is 0 Å². The van der Waals surface area contributed by atoms with E-state index in [9.17, 15) is 10.2 Å². The fourth-order valence-corrected chi connectivity index (χ4v) is 4.31. The highest BCUT2D eigenvalue weighted by molar-refractivity contribution is 6.11. The molecule has 0 bridgehead atoms. The normalized spacial score (nSPS) is 11.2. The topological polar surface area (TPSA) is 88.4 Å². The minimum atomic E-state index is -0.112. The first-order chi connectivity index (χ1) is 17.1. The van der Waals surface area contributed by atoms with Gasteiger partial charge in [0.25, 0.3) is 0 Å². The van der Waals surface area contributed by atoms with Gasteiger partial charge in [0.15, 0.2) is 11.6 Å². The van der Waals surface area contributed by atoms with Crippen molar-refractivity contribution in [3.8, 4) is 40.3 Å². The SMILES string of the molecule is CCCCCCOc1nc(-c2ccc(O)cc2O)nc(-c2c3ccccc3cc3ccccc23)n1. The van der Waals surface area contributed by atoms with E-state index in [0.717, 1.165) is 52.8 Å². The summed E-state index contributed by atoms with van der Waals surface area (Å²) in [6, 6.07) is 23.0. The van der Waals surface area contributed by atoms with Crippen LogP contribution in [0.3, 0.4) is 0 Å². The summed E-state index contributed by atoms with van der Waals surface area (Å²) in [6.45, 7) is 2.67. The zero-order valence-corrected chi connectivity index (χ0v) is 19.6. The Morgan fingerprint density at radius 3 is 2.09 bits per heavy atom. The van der Waals surface area contributed by atoms with Crippen molar-refractivity contribution in [3.05, 3.63) is 72.8 Å². The number of unbranched alkanes of at least 4 members (excludes halogenated alkanes) is 3. The molecule has 0 aliphatic carbocycles. The molecule has 176 valence electrons. The number of ether oxygens (including phenoxy) is 1. The second-order valence-corrected chi connectivity index (χ2v) is 8.57. The fourth-order valence-electron chi connectivity index (χ4n) is 4.31. The molecule has 5 aromatic rings. The van der Waals surface area contributed by atoms with E-state index in [1.54, 1.807) is 6.07 Å². The van der Waals surface area contributed by atoms with Gasteiger partial charge in [-0.3, -0.25) is 0 Å². The summed E-state index contributed by atoms with van der Waals surface area (Å²) in [6.07, 6.45) is 4.29. The van der Waals surface area contributed by atoms with Gasteiger partial charge in [0, 0.05) is 11.6 Å². The third-order valence-electron chi connectivity index (χ3n) is 6.06. The van der Waals surface area contributed by atoms with E-state index < -0.39 is 0 Å². The van der Waals surface area contributed by atoms with Gasteiger partial charge in [0.1, 0.15) is 11.5 Å². The second-order valence-electron chi connectivity index (χ2n) is 8.57. The molecule has 0 spiro atoms. The molecule has 5 rings (SSSR count). The predicted octanol–water partition coefficient (Wildman–Crippen LogP) is 6.88. The summed E-state index contributed by atoms with van der Waals surface area (Å²) in [7, 11) is 0. The van der Waals surface area contributed by atoms with Crippen LogP contribution in [-0.2, 0) is 0 Å². The molecular formula is C29H27N3O3. The molecule has 1 aromatic heterocycles. The van der Waals surface area contributed by atoms with Gasteiger partial charge in [-0.15, -0.1) is 0 Å². The zero-order chi connectivity index (χ0) is 24.2. The Hall–Kier alpha value is -4.19. The van der Waals surface area contributed by atoms with Gasteiger partial charge >= 0.3 is 6.01 Å². The first-order valence-electron chi connectivity index (χ1n) is 12.0. The van der Waals surface area contributed by atoms with Crippen LogP contribution in [0.1, 0.15) is 32.6 Å². The molecule has 0 radical (unpaired) electrons. The minimum Gasteiger partial charge on any atom is -0.508 e. The third kappa shape index (κ3) is 4.73. The molecule has 0 saturated heterocycles. The number of phenolic OH excluding ortho intramolecular Hbond substituents is 2. The summed E-state index contributed by atoms with van der Waals surface area (Å²) in [5.74, 6) is 0.610. The molecule has 6 heteroatoms. The lowest BCUT2D eigenvalue weighted by Crippen LogP contribution is -2.05.